The van der Waals surface area contributed by atoms with Gasteiger partial charge >= 0.3 is 0 Å². The van der Waals surface area contributed by atoms with Crippen molar-refractivity contribution in [2.75, 3.05) is 5.75 Å². The minimum absolute atomic E-state index is 0.105. The SMILES string of the molecule is Cn1c(SCC(=O)N2N=C(c3cccs3)CC2c2ccco2)nnc1-c1ccncc1. The highest BCUT2D eigenvalue weighted by Gasteiger charge is 2.35. The number of hydrazone groups is 1. The molecule has 0 spiro atoms. The Hall–Kier alpha value is -3.24. The molecule has 0 saturated carbocycles. The topological polar surface area (TPSA) is 89.4 Å². The summed E-state index contributed by atoms with van der Waals surface area (Å²) in [4.78, 5) is 18.2. The van der Waals surface area contributed by atoms with Crippen molar-refractivity contribution in [3.8, 4) is 11.4 Å². The zero-order valence-corrected chi connectivity index (χ0v) is 18.2. The number of furan rings is 1. The molecule has 0 bridgehead atoms. The van der Waals surface area contributed by atoms with E-state index in [0.29, 0.717) is 11.6 Å². The summed E-state index contributed by atoms with van der Waals surface area (Å²) >= 11 is 2.96. The molecule has 1 amide bonds. The second kappa shape index (κ2) is 8.48. The minimum Gasteiger partial charge on any atom is -0.467 e. The largest absolute Gasteiger partial charge is 0.467 e. The van der Waals surface area contributed by atoms with Crippen LogP contribution in [0.2, 0.25) is 0 Å². The van der Waals surface area contributed by atoms with E-state index in [1.807, 2.05) is 53.4 Å². The van der Waals surface area contributed by atoms with Crippen LogP contribution in [0.15, 0.2) is 75.1 Å². The van der Waals surface area contributed by atoms with Gasteiger partial charge in [-0.2, -0.15) is 5.10 Å². The molecule has 0 fully saturated rings. The third-order valence-electron chi connectivity index (χ3n) is 4.94. The van der Waals surface area contributed by atoms with E-state index in [0.717, 1.165) is 27.7 Å². The summed E-state index contributed by atoms with van der Waals surface area (Å²) < 4.78 is 7.47. The van der Waals surface area contributed by atoms with Crippen LogP contribution in [0.5, 0.6) is 0 Å². The summed E-state index contributed by atoms with van der Waals surface area (Å²) in [6.07, 6.45) is 5.67. The highest BCUT2D eigenvalue weighted by atomic mass is 32.2. The third kappa shape index (κ3) is 3.91. The molecule has 5 rings (SSSR count). The van der Waals surface area contributed by atoms with Gasteiger partial charge in [-0.15, -0.1) is 21.5 Å². The Labute approximate surface area is 186 Å². The first kappa shape index (κ1) is 19.7. The zero-order valence-electron chi connectivity index (χ0n) is 16.6. The number of thiophene rings is 1. The van der Waals surface area contributed by atoms with Gasteiger partial charge in [0.15, 0.2) is 11.0 Å². The predicted molar refractivity (Wildman–Crippen MR) is 119 cm³/mol. The summed E-state index contributed by atoms with van der Waals surface area (Å²) in [7, 11) is 1.89. The lowest BCUT2D eigenvalue weighted by Gasteiger charge is -2.19. The molecular weight excluding hydrogens is 432 g/mol. The molecule has 4 aromatic rings. The number of carbonyl (C=O) groups is 1. The maximum atomic E-state index is 13.1. The van der Waals surface area contributed by atoms with Gasteiger partial charge in [0.25, 0.3) is 5.91 Å². The van der Waals surface area contributed by atoms with Gasteiger partial charge in [0.05, 0.1) is 22.6 Å². The van der Waals surface area contributed by atoms with Crippen LogP contribution < -0.4 is 0 Å². The normalized spacial score (nSPS) is 16.0. The van der Waals surface area contributed by atoms with Gasteiger partial charge in [0.1, 0.15) is 11.8 Å². The second-order valence-electron chi connectivity index (χ2n) is 6.89. The van der Waals surface area contributed by atoms with Crippen molar-refractivity contribution >= 4 is 34.7 Å². The molecule has 0 saturated heterocycles. The monoisotopic (exact) mass is 450 g/mol. The number of carbonyl (C=O) groups excluding carboxylic acids is 1. The molecule has 1 atom stereocenters. The van der Waals surface area contributed by atoms with Crippen molar-refractivity contribution in [3.63, 3.8) is 0 Å². The van der Waals surface area contributed by atoms with Gasteiger partial charge in [0.2, 0.25) is 0 Å². The summed E-state index contributed by atoms with van der Waals surface area (Å²) in [5.74, 6) is 1.55. The van der Waals surface area contributed by atoms with Crippen molar-refractivity contribution in [1.29, 1.82) is 0 Å². The van der Waals surface area contributed by atoms with Crippen molar-refractivity contribution in [1.82, 2.24) is 24.8 Å². The van der Waals surface area contributed by atoms with Crippen molar-refractivity contribution in [3.05, 3.63) is 71.1 Å². The van der Waals surface area contributed by atoms with Crippen molar-refractivity contribution < 1.29 is 9.21 Å². The Morgan fingerprint density at radius 2 is 2.10 bits per heavy atom. The van der Waals surface area contributed by atoms with Gasteiger partial charge in [-0.3, -0.25) is 9.78 Å². The number of aromatic nitrogens is 4. The Morgan fingerprint density at radius 3 is 2.84 bits per heavy atom. The van der Waals surface area contributed by atoms with Gasteiger partial charge in [-0.05, 0) is 35.7 Å². The van der Waals surface area contributed by atoms with E-state index in [1.54, 1.807) is 35.0 Å². The first-order chi connectivity index (χ1) is 15.2. The van der Waals surface area contributed by atoms with E-state index in [1.165, 1.54) is 11.8 Å². The summed E-state index contributed by atoms with van der Waals surface area (Å²) in [5.41, 5.74) is 1.82. The average molecular weight is 451 g/mol. The Bertz CT molecular complexity index is 1200. The molecular formula is C21H18N6O2S2. The molecule has 1 aliphatic heterocycles. The average Bonchev–Trinajstić information content (AvgIpc) is 3.59. The molecule has 156 valence electrons. The second-order valence-corrected chi connectivity index (χ2v) is 8.78. The predicted octanol–water partition coefficient (Wildman–Crippen LogP) is 4.00. The standard InChI is InChI=1S/C21H18N6O2S2/c1-26-20(14-6-8-22-9-7-14)23-24-21(26)31-13-19(28)27-16(17-4-2-10-29-17)12-15(25-27)18-5-3-11-30-18/h2-11,16H,12-13H2,1H3. The van der Waals surface area contributed by atoms with E-state index in [9.17, 15) is 4.79 Å². The number of thioether (sulfide) groups is 1. The van der Waals surface area contributed by atoms with E-state index >= 15 is 0 Å². The maximum Gasteiger partial charge on any atom is 0.253 e. The molecule has 0 N–H and O–H groups in total. The van der Waals surface area contributed by atoms with Gasteiger partial charge in [-0.1, -0.05) is 17.8 Å². The lowest BCUT2D eigenvalue weighted by Crippen LogP contribution is -2.28. The first-order valence-corrected chi connectivity index (χ1v) is 11.5. The van der Waals surface area contributed by atoms with Crippen LogP contribution in [0.4, 0.5) is 0 Å². The number of rotatable bonds is 6. The van der Waals surface area contributed by atoms with E-state index < -0.39 is 0 Å². The van der Waals surface area contributed by atoms with E-state index in [2.05, 4.69) is 20.3 Å². The van der Waals surface area contributed by atoms with Crippen LogP contribution in [-0.2, 0) is 11.8 Å². The smallest absolute Gasteiger partial charge is 0.253 e. The van der Waals surface area contributed by atoms with Crippen molar-refractivity contribution in [2.24, 2.45) is 12.1 Å². The highest BCUT2D eigenvalue weighted by molar-refractivity contribution is 7.99. The van der Waals surface area contributed by atoms with Crippen LogP contribution in [0, 0.1) is 0 Å². The molecule has 31 heavy (non-hydrogen) atoms. The first-order valence-electron chi connectivity index (χ1n) is 9.60. The summed E-state index contributed by atoms with van der Waals surface area (Å²) in [6, 6.07) is 11.2. The Balaban J connectivity index is 1.34. The number of nitrogens with zero attached hydrogens (tertiary/aromatic N) is 6. The Kier molecular flexibility index (Phi) is 5.39. The van der Waals surface area contributed by atoms with Gasteiger partial charge in [-0.25, -0.2) is 5.01 Å². The molecule has 5 heterocycles. The number of amides is 1. The van der Waals surface area contributed by atoms with Crippen LogP contribution >= 0.6 is 23.1 Å². The molecule has 4 aromatic heterocycles. The number of hydrogen-bond acceptors (Lipinski definition) is 8. The van der Waals surface area contributed by atoms with Crippen LogP contribution in [0.3, 0.4) is 0 Å². The summed E-state index contributed by atoms with van der Waals surface area (Å²) in [5, 5.41) is 17.4. The van der Waals surface area contributed by atoms with Crippen molar-refractivity contribution in [2.45, 2.75) is 17.6 Å². The zero-order chi connectivity index (χ0) is 21.2. The van der Waals surface area contributed by atoms with Gasteiger partial charge < -0.3 is 8.98 Å². The fourth-order valence-corrected chi connectivity index (χ4v) is 4.90. The maximum absolute atomic E-state index is 13.1. The molecule has 0 aliphatic carbocycles. The Morgan fingerprint density at radius 1 is 1.23 bits per heavy atom. The fraction of sp³-hybridized carbons (Fsp3) is 0.190. The minimum atomic E-state index is -0.243. The number of pyridine rings is 1. The molecule has 1 unspecified atom stereocenters. The molecule has 1 aliphatic rings. The molecule has 0 aromatic carbocycles. The lowest BCUT2D eigenvalue weighted by atomic mass is 10.1. The quantitative estimate of drug-likeness (QED) is 0.413. The highest BCUT2D eigenvalue weighted by Crippen LogP contribution is 2.35. The van der Waals surface area contributed by atoms with Crippen LogP contribution in [0.25, 0.3) is 11.4 Å². The fourth-order valence-electron chi connectivity index (χ4n) is 3.42. The lowest BCUT2D eigenvalue weighted by molar-refractivity contribution is -0.130. The van der Waals surface area contributed by atoms with E-state index in [4.69, 9.17) is 4.42 Å². The third-order valence-corrected chi connectivity index (χ3v) is 6.87. The molecule has 0 radical (unpaired) electrons. The van der Waals surface area contributed by atoms with Gasteiger partial charge in [0, 0.05) is 31.4 Å². The summed E-state index contributed by atoms with van der Waals surface area (Å²) in [6.45, 7) is 0. The molecule has 8 nitrogen and oxygen atoms in total. The number of hydrogen-bond donors (Lipinski definition) is 0. The van der Waals surface area contributed by atoms with E-state index in [-0.39, 0.29) is 17.7 Å². The van der Waals surface area contributed by atoms with Crippen LogP contribution in [0.1, 0.15) is 23.1 Å². The molecule has 10 heteroatoms. The van der Waals surface area contributed by atoms with Crippen LogP contribution in [-0.4, -0.2) is 42.1 Å².